The van der Waals surface area contributed by atoms with Crippen molar-refractivity contribution in [1.29, 1.82) is 0 Å². The zero-order valence-electron chi connectivity index (χ0n) is 9.81. The highest BCUT2D eigenvalue weighted by atomic mass is 19.1. The van der Waals surface area contributed by atoms with E-state index in [1.807, 2.05) is 6.07 Å². The van der Waals surface area contributed by atoms with Crippen LogP contribution in [0.25, 0.3) is 0 Å². The first-order valence-corrected chi connectivity index (χ1v) is 5.40. The van der Waals surface area contributed by atoms with Crippen LogP contribution in [0, 0.1) is 5.82 Å². The van der Waals surface area contributed by atoms with E-state index in [-0.39, 0.29) is 11.7 Å². The van der Waals surface area contributed by atoms with Gasteiger partial charge in [-0.1, -0.05) is 18.2 Å². The van der Waals surface area contributed by atoms with Gasteiger partial charge in [-0.3, -0.25) is 4.79 Å². The number of rotatable bonds is 3. The summed E-state index contributed by atoms with van der Waals surface area (Å²) in [6.45, 7) is 0. The molecule has 0 aliphatic rings. The highest BCUT2D eigenvalue weighted by Crippen LogP contribution is 2.21. The minimum Gasteiger partial charge on any atom is -0.494 e. The van der Waals surface area contributed by atoms with Crippen LogP contribution in [0.2, 0.25) is 0 Å². The summed E-state index contributed by atoms with van der Waals surface area (Å²) in [5.41, 5.74) is 1.03. The summed E-state index contributed by atoms with van der Waals surface area (Å²) in [4.78, 5) is 11.9. The van der Waals surface area contributed by atoms with Crippen molar-refractivity contribution in [3.8, 4) is 5.75 Å². The van der Waals surface area contributed by atoms with Crippen molar-refractivity contribution in [1.82, 2.24) is 0 Å². The minimum absolute atomic E-state index is 0.0980. The molecule has 0 bridgehead atoms. The average Bonchev–Trinajstić information content (AvgIpc) is 2.42. The maximum Gasteiger partial charge on any atom is 0.255 e. The number of halogens is 1. The van der Waals surface area contributed by atoms with Crippen LogP contribution in [0.15, 0.2) is 48.5 Å². The molecule has 0 atom stereocenters. The van der Waals surface area contributed by atoms with Crippen molar-refractivity contribution < 1.29 is 13.9 Å². The van der Waals surface area contributed by atoms with Gasteiger partial charge < -0.3 is 10.1 Å². The lowest BCUT2D eigenvalue weighted by atomic mass is 10.2. The van der Waals surface area contributed by atoms with Gasteiger partial charge in [0.25, 0.3) is 5.91 Å². The van der Waals surface area contributed by atoms with Gasteiger partial charge in [0.2, 0.25) is 0 Å². The van der Waals surface area contributed by atoms with Crippen molar-refractivity contribution in [2.45, 2.75) is 0 Å². The largest absolute Gasteiger partial charge is 0.494 e. The van der Waals surface area contributed by atoms with E-state index in [9.17, 15) is 9.18 Å². The summed E-state index contributed by atoms with van der Waals surface area (Å²) in [6.07, 6.45) is 0. The second-order valence-electron chi connectivity index (χ2n) is 3.67. The molecule has 4 heteroatoms. The van der Waals surface area contributed by atoms with E-state index in [2.05, 4.69) is 5.32 Å². The van der Waals surface area contributed by atoms with Crippen LogP contribution in [0.3, 0.4) is 0 Å². The maximum absolute atomic E-state index is 13.2. The Morgan fingerprint density at radius 2 is 1.89 bits per heavy atom. The second-order valence-corrected chi connectivity index (χ2v) is 3.67. The zero-order valence-corrected chi connectivity index (χ0v) is 9.81. The third-order valence-corrected chi connectivity index (χ3v) is 2.44. The molecule has 3 nitrogen and oxygen atoms in total. The first-order valence-electron chi connectivity index (χ1n) is 5.40. The molecular weight excluding hydrogens is 233 g/mol. The van der Waals surface area contributed by atoms with Gasteiger partial charge in [0.15, 0.2) is 11.6 Å². The highest BCUT2D eigenvalue weighted by molar-refractivity contribution is 6.04. The molecule has 1 amide bonds. The topological polar surface area (TPSA) is 38.3 Å². The summed E-state index contributed by atoms with van der Waals surface area (Å²) in [5.74, 6) is -0.611. The van der Waals surface area contributed by atoms with Gasteiger partial charge in [0, 0.05) is 17.3 Å². The summed E-state index contributed by atoms with van der Waals surface area (Å²) >= 11 is 0. The molecule has 0 saturated heterocycles. The molecule has 2 rings (SSSR count). The number of nitrogens with one attached hydrogen (secondary N) is 1. The number of anilines is 1. The molecule has 2 aromatic carbocycles. The van der Waals surface area contributed by atoms with Crippen LogP contribution in [0.1, 0.15) is 10.4 Å². The highest BCUT2D eigenvalue weighted by Gasteiger charge is 2.08. The van der Waals surface area contributed by atoms with E-state index in [4.69, 9.17) is 4.74 Å². The molecule has 92 valence electrons. The molecule has 0 fully saturated rings. The van der Waals surface area contributed by atoms with E-state index in [1.54, 1.807) is 24.3 Å². The Morgan fingerprint density at radius 3 is 2.56 bits per heavy atom. The Bertz CT molecular complexity index is 555. The molecule has 0 aliphatic carbocycles. The van der Waals surface area contributed by atoms with Gasteiger partial charge in [0.05, 0.1) is 7.11 Å². The summed E-state index contributed by atoms with van der Waals surface area (Å²) in [5, 5.41) is 2.67. The number of methoxy groups -OCH3 is 1. The molecule has 0 heterocycles. The quantitative estimate of drug-likeness (QED) is 0.902. The number of carbonyl (C=O) groups excluding carboxylic acids is 1. The molecule has 0 aromatic heterocycles. The molecule has 18 heavy (non-hydrogen) atoms. The molecule has 1 N–H and O–H groups in total. The van der Waals surface area contributed by atoms with E-state index in [0.29, 0.717) is 11.3 Å². The normalized spacial score (nSPS) is 9.89. The van der Waals surface area contributed by atoms with Gasteiger partial charge in [0.1, 0.15) is 0 Å². The van der Waals surface area contributed by atoms with Gasteiger partial charge in [-0.05, 0) is 24.3 Å². The van der Waals surface area contributed by atoms with E-state index in [1.165, 1.54) is 25.3 Å². The molecular formula is C14H12FNO2. The number of benzene rings is 2. The van der Waals surface area contributed by atoms with Crippen LogP contribution < -0.4 is 10.1 Å². The van der Waals surface area contributed by atoms with E-state index >= 15 is 0 Å². The zero-order chi connectivity index (χ0) is 13.0. The molecule has 0 spiro atoms. The predicted octanol–water partition coefficient (Wildman–Crippen LogP) is 3.09. The molecule has 0 unspecified atom stereocenters. The predicted molar refractivity (Wildman–Crippen MR) is 67.3 cm³/mol. The van der Waals surface area contributed by atoms with Crippen molar-refractivity contribution >= 4 is 11.6 Å². The SMILES string of the molecule is COc1cc(NC(=O)c2ccccc2)ccc1F. The lowest BCUT2D eigenvalue weighted by Gasteiger charge is -2.07. The summed E-state index contributed by atoms with van der Waals surface area (Å²) in [6, 6.07) is 13.0. The molecule has 0 saturated carbocycles. The Hall–Kier alpha value is -2.36. The van der Waals surface area contributed by atoms with Gasteiger partial charge in [-0.25, -0.2) is 4.39 Å². The number of hydrogen-bond acceptors (Lipinski definition) is 2. The Labute approximate surface area is 104 Å². The third kappa shape index (κ3) is 2.66. The standard InChI is InChI=1S/C14H12FNO2/c1-18-13-9-11(7-8-12(13)15)16-14(17)10-5-3-2-4-6-10/h2-9H,1H3,(H,16,17). The smallest absolute Gasteiger partial charge is 0.255 e. The fourth-order valence-electron chi connectivity index (χ4n) is 1.53. The molecule has 0 radical (unpaired) electrons. The van der Waals surface area contributed by atoms with Crippen LogP contribution in [-0.4, -0.2) is 13.0 Å². The number of hydrogen-bond donors (Lipinski definition) is 1. The first-order chi connectivity index (χ1) is 8.70. The van der Waals surface area contributed by atoms with Gasteiger partial charge in [-0.2, -0.15) is 0 Å². The number of carbonyl (C=O) groups is 1. The van der Waals surface area contributed by atoms with Gasteiger partial charge in [-0.15, -0.1) is 0 Å². The lowest BCUT2D eigenvalue weighted by molar-refractivity contribution is 0.102. The van der Waals surface area contributed by atoms with Gasteiger partial charge >= 0.3 is 0 Å². The van der Waals surface area contributed by atoms with Crippen LogP contribution in [0.4, 0.5) is 10.1 Å². The Balaban J connectivity index is 2.17. The monoisotopic (exact) mass is 245 g/mol. The lowest BCUT2D eigenvalue weighted by Crippen LogP contribution is -2.11. The third-order valence-electron chi connectivity index (χ3n) is 2.44. The second kappa shape index (κ2) is 5.31. The summed E-state index contributed by atoms with van der Waals surface area (Å²) < 4.78 is 18.0. The molecule has 0 aliphatic heterocycles. The fourth-order valence-corrected chi connectivity index (χ4v) is 1.53. The average molecular weight is 245 g/mol. The van der Waals surface area contributed by atoms with E-state index < -0.39 is 5.82 Å². The van der Waals surface area contributed by atoms with Crippen LogP contribution in [0.5, 0.6) is 5.75 Å². The van der Waals surface area contributed by atoms with Crippen LogP contribution >= 0.6 is 0 Å². The fraction of sp³-hybridized carbons (Fsp3) is 0.0714. The maximum atomic E-state index is 13.2. The number of amides is 1. The van der Waals surface area contributed by atoms with Crippen LogP contribution in [-0.2, 0) is 0 Å². The number of ether oxygens (including phenoxy) is 1. The van der Waals surface area contributed by atoms with Crippen molar-refractivity contribution in [2.75, 3.05) is 12.4 Å². The minimum atomic E-state index is -0.463. The summed E-state index contributed by atoms with van der Waals surface area (Å²) in [7, 11) is 1.38. The van der Waals surface area contributed by atoms with Crippen molar-refractivity contribution in [2.24, 2.45) is 0 Å². The van der Waals surface area contributed by atoms with Crippen molar-refractivity contribution in [3.05, 3.63) is 59.9 Å². The first kappa shape index (κ1) is 12.1. The Kier molecular flexibility index (Phi) is 3.57. The van der Waals surface area contributed by atoms with E-state index in [0.717, 1.165) is 0 Å². The molecule has 2 aromatic rings. The Morgan fingerprint density at radius 1 is 1.17 bits per heavy atom. The van der Waals surface area contributed by atoms with Crippen molar-refractivity contribution in [3.63, 3.8) is 0 Å².